The maximum absolute atomic E-state index is 11.9. The molecule has 0 saturated carbocycles. The van der Waals surface area contributed by atoms with Crippen LogP contribution in [-0.4, -0.2) is 44.5 Å². The third-order valence-electron chi connectivity index (χ3n) is 4.12. The summed E-state index contributed by atoms with van der Waals surface area (Å²) in [6.45, 7) is 8.13. The molecule has 0 unspecified atom stereocenters. The van der Waals surface area contributed by atoms with Crippen LogP contribution in [0.2, 0.25) is 0 Å². The number of rotatable bonds is 2. The molecule has 0 amide bonds. The number of benzene rings is 2. The maximum atomic E-state index is 11.9. The first-order chi connectivity index (χ1) is 11.8. The van der Waals surface area contributed by atoms with Crippen molar-refractivity contribution in [1.29, 1.82) is 0 Å². The van der Waals surface area contributed by atoms with Crippen molar-refractivity contribution in [2.24, 2.45) is 0 Å². The molecule has 132 valence electrons. The van der Waals surface area contributed by atoms with Crippen molar-refractivity contribution in [2.45, 2.75) is 45.0 Å². The molecule has 1 fully saturated rings. The Labute approximate surface area is 152 Å². The second-order valence-corrected chi connectivity index (χ2v) is 7.63. The molecule has 0 bridgehead atoms. The molecule has 4 heteroatoms. The fraction of sp³-hybridized carbons (Fsp3) is 0.476. The van der Waals surface area contributed by atoms with E-state index in [-0.39, 0.29) is 0 Å². The van der Waals surface area contributed by atoms with Gasteiger partial charge in [-0.05, 0) is 70.1 Å². The SMILES string of the molecule is CN1CCCC1.[B][C@@H](C(=O)OC(C)(C)C)c1ccc2ccccc2c1. The van der Waals surface area contributed by atoms with Crippen LogP contribution in [0.4, 0.5) is 0 Å². The minimum Gasteiger partial charge on any atom is -0.460 e. The Kier molecular flexibility index (Phi) is 6.66. The molecule has 1 saturated heterocycles. The van der Waals surface area contributed by atoms with Crippen LogP contribution >= 0.6 is 0 Å². The van der Waals surface area contributed by atoms with E-state index in [4.69, 9.17) is 12.6 Å². The quantitative estimate of drug-likeness (QED) is 0.610. The number of nitrogens with zero attached hydrogens (tertiary/aromatic N) is 1. The molecule has 2 radical (unpaired) electrons. The van der Waals surface area contributed by atoms with Crippen molar-refractivity contribution >= 4 is 24.6 Å². The average molecular weight is 337 g/mol. The van der Waals surface area contributed by atoms with E-state index >= 15 is 0 Å². The highest BCUT2D eigenvalue weighted by atomic mass is 16.6. The minimum absolute atomic E-state index is 0.400. The highest BCUT2D eigenvalue weighted by Gasteiger charge is 2.22. The molecule has 0 spiro atoms. The zero-order valence-electron chi connectivity index (χ0n) is 15.8. The molecule has 25 heavy (non-hydrogen) atoms. The molecular formula is C21H28BNO2. The van der Waals surface area contributed by atoms with E-state index in [1.54, 1.807) is 0 Å². The Morgan fingerprint density at radius 1 is 1.08 bits per heavy atom. The van der Waals surface area contributed by atoms with Gasteiger partial charge in [-0.1, -0.05) is 42.5 Å². The van der Waals surface area contributed by atoms with E-state index < -0.39 is 17.4 Å². The molecular weight excluding hydrogens is 309 g/mol. The van der Waals surface area contributed by atoms with Gasteiger partial charge in [-0.15, -0.1) is 0 Å². The van der Waals surface area contributed by atoms with Crippen LogP contribution in [0, 0.1) is 0 Å². The van der Waals surface area contributed by atoms with E-state index in [2.05, 4.69) is 11.9 Å². The Bertz CT molecular complexity index is 702. The number of ether oxygens (including phenoxy) is 1. The third-order valence-corrected chi connectivity index (χ3v) is 4.12. The van der Waals surface area contributed by atoms with Crippen LogP contribution in [0.5, 0.6) is 0 Å². The molecule has 3 nitrogen and oxygen atoms in total. The number of likely N-dealkylation sites (tertiary alicyclic amines) is 1. The van der Waals surface area contributed by atoms with Gasteiger partial charge in [0, 0.05) is 5.82 Å². The molecule has 3 rings (SSSR count). The molecule has 1 aliphatic heterocycles. The topological polar surface area (TPSA) is 29.5 Å². The van der Waals surface area contributed by atoms with Gasteiger partial charge >= 0.3 is 5.97 Å². The van der Waals surface area contributed by atoms with Gasteiger partial charge in [0.2, 0.25) is 0 Å². The number of esters is 1. The maximum Gasteiger partial charge on any atom is 0.304 e. The second-order valence-electron chi connectivity index (χ2n) is 7.63. The first-order valence-electron chi connectivity index (χ1n) is 8.92. The Morgan fingerprint density at radius 3 is 2.20 bits per heavy atom. The first kappa shape index (κ1) is 19.5. The zero-order valence-corrected chi connectivity index (χ0v) is 15.8. The Hall–Kier alpha value is -1.81. The lowest BCUT2D eigenvalue weighted by Gasteiger charge is -2.22. The number of hydrogen-bond donors (Lipinski definition) is 0. The Balaban J connectivity index is 0.000000316. The summed E-state index contributed by atoms with van der Waals surface area (Å²) in [6.07, 6.45) is 2.83. The van der Waals surface area contributed by atoms with Crippen LogP contribution in [0.25, 0.3) is 10.8 Å². The lowest BCUT2D eigenvalue weighted by Crippen LogP contribution is -2.28. The van der Waals surface area contributed by atoms with Crippen molar-refractivity contribution in [2.75, 3.05) is 20.1 Å². The van der Waals surface area contributed by atoms with Gasteiger partial charge in [0.05, 0.1) is 7.85 Å². The van der Waals surface area contributed by atoms with Gasteiger partial charge in [-0.25, -0.2) is 0 Å². The van der Waals surface area contributed by atoms with Gasteiger partial charge in [0.1, 0.15) is 5.60 Å². The monoisotopic (exact) mass is 337 g/mol. The van der Waals surface area contributed by atoms with Crippen molar-refractivity contribution in [3.63, 3.8) is 0 Å². The number of fused-ring (bicyclic) bond motifs is 1. The molecule has 2 aromatic rings. The predicted molar refractivity (Wildman–Crippen MR) is 105 cm³/mol. The van der Waals surface area contributed by atoms with Crippen LogP contribution in [0.15, 0.2) is 42.5 Å². The number of carbonyl (C=O) groups is 1. The van der Waals surface area contributed by atoms with Crippen LogP contribution < -0.4 is 0 Å². The lowest BCUT2D eigenvalue weighted by molar-refractivity contribution is -0.154. The zero-order chi connectivity index (χ0) is 18.4. The van der Waals surface area contributed by atoms with Gasteiger partial charge < -0.3 is 9.64 Å². The summed E-state index contributed by atoms with van der Waals surface area (Å²) in [5.74, 6) is -1.15. The van der Waals surface area contributed by atoms with Gasteiger partial charge in [0.25, 0.3) is 0 Å². The van der Waals surface area contributed by atoms with E-state index in [1.165, 1.54) is 25.9 Å². The fourth-order valence-corrected chi connectivity index (χ4v) is 2.78. The van der Waals surface area contributed by atoms with E-state index in [9.17, 15) is 4.79 Å². The van der Waals surface area contributed by atoms with E-state index in [0.29, 0.717) is 0 Å². The number of carbonyl (C=O) groups excluding carboxylic acids is 1. The van der Waals surface area contributed by atoms with Crippen LogP contribution in [0.3, 0.4) is 0 Å². The van der Waals surface area contributed by atoms with Gasteiger partial charge in [0.15, 0.2) is 0 Å². The molecule has 1 aliphatic rings. The molecule has 0 aromatic heterocycles. The second kappa shape index (κ2) is 8.53. The standard InChI is InChI=1S/C16H17BO2.C5H11N/c1-16(2,3)19-15(18)14(17)13-9-8-11-6-4-5-7-12(11)10-13;1-6-4-2-3-5-6/h4-10,14H,1-3H3;2-5H2,1H3/t14-;/m1./s1. The smallest absolute Gasteiger partial charge is 0.304 e. The summed E-state index contributed by atoms with van der Waals surface area (Å²) in [6, 6.07) is 13.7. The molecule has 0 N–H and O–H groups in total. The van der Waals surface area contributed by atoms with Crippen LogP contribution in [0.1, 0.15) is 45.0 Å². The van der Waals surface area contributed by atoms with Gasteiger partial charge in [-0.2, -0.15) is 0 Å². The van der Waals surface area contributed by atoms with Crippen molar-refractivity contribution in [3.05, 3.63) is 48.0 Å². The summed E-state index contributed by atoms with van der Waals surface area (Å²) < 4.78 is 5.30. The summed E-state index contributed by atoms with van der Waals surface area (Å²) in [7, 11) is 8.14. The largest absolute Gasteiger partial charge is 0.460 e. The van der Waals surface area contributed by atoms with Crippen molar-refractivity contribution < 1.29 is 9.53 Å². The summed E-state index contributed by atoms with van der Waals surface area (Å²) in [5.41, 5.74) is 0.249. The summed E-state index contributed by atoms with van der Waals surface area (Å²) in [5, 5.41) is 2.20. The highest BCUT2D eigenvalue weighted by molar-refractivity contribution is 6.23. The summed E-state index contributed by atoms with van der Waals surface area (Å²) in [4.78, 5) is 14.3. The normalized spacial score (nSPS) is 16.2. The molecule has 1 heterocycles. The van der Waals surface area contributed by atoms with E-state index in [0.717, 1.165) is 16.3 Å². The predicted octanol–water partition coefficient (Wildman–Crippen LogP) is 4.10. The third kappa shape index (κ3) is 6.20. The minimum atomic E-state index is -0.746. The first-order valence-corrected chi connectivity index (χ1v) is 8.92. The van der Waals surface area contributed by atoms with Crippen molar-refractivity contribution in [3.8, 4) is 0 Å². The van der Waals surface area contributed by atoms with Crippen LogP contribution in [-0.2, 0) is 9.53 Å². The molecule has 1 atom stereocenters. The Morgan fingerprint density at radius 2 is 1.68 bits per heavy atom. The fourth-order valence-electron chi connectivity index (χ4n) is 2.78. The average Bonchev–Trinajstić information content (AvgIpc) is 3.03. The van der Waals surface area contributed by atoms with Crippen molar-refractivity contribution in [1.82, 2.24) is 4.90 Å². The molecule has 2 aromatic carbocycles. The molecule has 0 aliphatic carbocycles. The lowest BCUT2D eigenvalue weighted by atomic mass is 9.80. The van der Waals surface area contributed by atoms with Gasteiger partial charge in [-0.3, -0.25) is 4.79 Å². The highest BCUT2D eigenvalue weighted by Crippen LogP contribution is 2.22. The van der Waals surface area contributed by atoms with E-state index in [1.807, 2.05) is 63.2 Å². The number of hydrogen-bond acceptors (Lipinski definition) is 3. The summed E-state index contributed by atoms with van der Waals surface area (Å²) >= 11 is 0.